The molecule has 0 aliphatic carbocycles. The van der Waals surface area contributed by atoms with E-state index >= 15 is 0 Å². The Labute approximate surface area is 172 Å². The van der Waals surface area contributed by atoms with Crippen LogP contribution >= 0.6 is 11.6 Å². The Morgan fingerprint density at radius 3 is 2.69 bits per heavy atom. The highest BCUT2D eigenvalue weighted by Gasteiger charge is 2.27. The molecule has 1 fully saturated rings. The topological polar surface area (TPSA) is 81.0 Å². The average Bonchev–Trinajstić information content (AvgIpc) is 3.11. The van der Waals surface area contributed by atoms with Crippen LogP contribution in [0.3, 0.4) is 0 Å². The van der Waals surface area contributed by atoms with Gasteiger partial charge in [0.05, 0.1) is 13.2 Å². The number of carbonyl (C=O) groups excluding carboxylic acids is 2. The second kappa shape index (κ2) is 8.55. The van der Waals surface area contributed by atoms with Crippen LogP contribution in [0.1, 0.15) is 10.6 Å². The van der Waals surface area contributed by atoms with E-state index in [1.165, 1.54) is 0 Å². The molecule has 0 radical (unpaired) electrons. The first-order chi connectivity index (χ1) is 14.1. The summed E-state index contributed by atoms with van der Waals surface area (Å²) in [6, 6.07) is 14.0. The van der Waals surface area contributed by atoms with Gasteiger partial charge in [-0.05, 0) is 30.3 Å². The van der Waals surface area contributed by atoms with Crippen LogP contribution < -0.4 is 10.1 Å². The number of benzene rings is 2. The molecule has 1 aromatic heterocycles. The van der Waals surface area contributed by atoms with Crippen LogP contribution in [0.5, 0.6) is 5.75 Å². The molecule has 1 aliphatic rings. The molecule has 3 aromatic rings. The van der Waals surface area contributed by atoms with Gasteiger partial charge in [-0.3, -0.25) is 9.59 Å². The molecule has 1 N–H and O–H groups in total. The van der Waals surface area contributed by atoms with Crippen LogP contribution in [0, 0.1) is 0 Å². The van der Waals surface area contributed by atoms with Crippen molar-refractivity contribution in [2.75, 3.05) is 38.2 Å². The van der Waals surface area contributed by atoms with E-state index < -0.39 is 5.91 Å². The molecule has 4 rings (SSSR count). The molecule has 2 amide bonds. The third-order valence-electron chi connectivity index (χ3n) is 4.52. The highest BCUT2D eigenvalue weighted by molar-refractivity contribution is 6.30. The van der Waals surface area contributed by atoms with E-state index in [0.29, 0.717) is 53.7 Å². The zero-order valence-electron chi connectivity index (χ0n) is 15.5. The summed E-state index contributed by atoms with van der Waals surface area (Å²) < 4.78 is 16.6. The number of hydrogen-bond donors (Lipinski definition) is 1. The van der Waals surface area contributed by atoms with Crippen LogP contribution in [-0.4, -0.2) is 49.6 Å². The zero-order chi connectivity index (χ0) is 20.2. The number of para-hydroxylation sites is 1. The van der Waals surface area contributed by atoms with E-state index in [1.807, 2.05) is 12.1 Å². The minimum absolute atomic E-state index is 0.101. The van der Waals surface area contributed by atoms with Gasteiger partial charge >= 0.3 is 0 Å². The maximum Gasteiger partial charge on any atom is 0.291 e. The van der Waals surface area contributed by atoms with Crippen molar-refractivity contribution >= 4 is 40.1 Å². The summed E-state index contributed by atoms with van der Waals surface area (Å²) in [5.74, 6) is -0.110. The molecule has 1 aliphatic heterocycles. The number of anilines is 1. The van der Waals surface area contributed by atoms with Crippen LogP contribution in [0.25, 0.3) is 11.0 Å². The van der Waals surface area contributed by atoms with Gasteiger partial charge in [0.25, 0.3) is 11.8 Å². The van der Waals surface area contributed by atoms with Crippen molar-refractivity contribution in [2.45, 2.75) is 0 Å². The summed E-state index contributed by atoms with van der Waals surface area (Å²) in [5, 5.41) is 3.94. The van der Waals surface area contributed by atoms with Gasteiger partial charge in [0.1, 0.15) is 17.0 Å². The number of morpholine rings is 1. The Bertz CT molecular complexity index is 1040. The number of hydrogen-bond acceptors (Lipinski definition) is 5. The molecule has 2 aromatic carbocycles. The van der Waals surface area contributed by atoms with Crippen LogP contribution in [0.4, 0.5) is 5.69 Å². The van der Waals surface area contributed by atoms with Crippen LogP contribution in [0.15, 0.2) is 52.9 Å². The summed E-state index contributed by atoms with van der Waals surface area (Å²) in [5.41, 5.74) is 0.868. The first-order valence-corrected chi connectivity index (χ1v) is 9.56. The molecule has 7 nitrogen and oxygen atoms in total. The number of halogens is 1. The Morgan fingerprint density at radius 2 is 1.90 bits per heavy atom. The molecule has 1 saturated heterocycles. The van der Waals surface area contributed by atoms with Crippen molar-refractivity contribution < 1.29 is 23.5 Å². The highest BCUT2D eigenvalue weighted by Crippen LogP contribution is 2.32. The van der Waals surface area contributed by atoms with Gasteiger partial charge in [0.15, 0.2) is 6.61 Å². The summed E-state index contributed by atoms with van der Waals surface area (Å²) in [6.07, 6.45) is 0. The van der Waals surface area contributed by atoms with E-state index in [2.05, 4.69) is 5.32 Å². The minimum atomic E-state index is -0.410. The van der Waals surface area contributed by atoms with Gasteiger partial charge in [0.2, 0.25) is 5.76 Å². The van der Waals surface area contributed by atoms with Crippen molar-refractivity contribution in [1.29, 1.82) is 0 Å². The fourth-order valence-electron chi connectivity index (χ4n) is 3.11. The first-order valence-electron chi connectivity index (χ1n) is 9.18. The van der Waals surface area contributed by atoms with Crippen LogP contribution in [-0.2, 0) is 9.53 Å². The van der Waals surface area contributed by atoms with Gasteiger partial charge in [-0.1, -0.05) is 29.8 Å². The highest BCUT2D eigenvalue weighted by atomic mass is 35.5. The molecule has 150 valence electrons. The third kappa shape index (κ3) is 4.36. The lowest BCUT2D eigenvalue weighted by Crippen LogP contribution is -2.40. The average molecular weight is 415 g/mol. The standard InChI is InChI=1S/C21H19ClN2O5/c22-14-4-3-5-15(12-14)28-13-18(25)23-19-16-6-1-2-7-17(16)29-20(19)21(26)24-8-10-27-11-9-24/h1-7,12H,8-11,13H2,(H,23,25). The smallest absolute Gasteiger partial charge is 0.291 e. The number of fused-ring (bicyclic) bond motifs is 1. The van der Waals surface area contributed by atoms with Crippen molar-refractivity contribution in [3.63, 3.8) is 0 Å². The molecule has 0 unspecified atom stereocenters. The fourth-order valence-corrected chi connectivity index (χ4v) is 3.29. The largest absolute Gasteiger partial charge is 0.484 e. The molecule has 0 spiro atoms. The summed E-state index contributed by atoms with van der Waals surface area (Å²) in [4.78, 5) is 27.1. The number of amides is 2. The Hall–Kier alpha value is -3.03. The van der Waals surface area contributed by atoms with Crippen molar-refractivity contribution in [3.05, 3.63) is 59.3 Å². The lowest BCUT2D eigenvalue weighted by atomic mass is 10.2. The number of rotatable bonds is 5. The van der Waals surface area contributed by atoms with Gasteiger partial charge in [0, 0.05) is 23.5 Å². The number of nitrogens with one attached hydrogen (secondary N) is 1. The SMILES string of the molecule is O=C(COc1cccc(Cl)c1)Nc1c(C(=O)N2CCOCC2)oc2ccccc12. The predicted molar refractivity (Wildman–Crippen MR) is 109 cm³/mol. The predicted octanol–water partition coefficient (Wildman–Crippen LogP) is 3.58. The van der Waals surface area contributed by atoms with E-state index in [1.54, 1.807) is 41.3 Å². The normalized spacial score (nSPS) is 14.0. The van der Waals surface area contributed by atoms with Crippen molar-refractivity contribution in [1.82, 2.24) is 4.90 Å². The van der Waals surface area contributed by atoms with Gasteiger partial charge in [-0.15, -0.1) is 0 Å². The second-order valence-electron chi connectivity index (χ2n) is 6.50. The van der Waals surface area contributed by atoms with Crippen molar-refractivity contribution in [2.24, 2.45) is 0 Å². The Balaban J connectivity index is 1.55. The van der Waals surface area contributed by atoms with E-state index in [0.717, 1.165) is 0 Å². The third-order valence-corrected chi connectivity index (χ3v) is 4.75. The maximum atomic E-state index is 13.0. The molecule has 2 heterocycles. The monoisotopic (exact) mass is 414 g/mol. The van der Waals surface area contributed by atoms with Gasteiger partial charge < -0.3 is 24.1 Å². The van der Waals surface area contributed by atoms with Gasteiger partial charge in [-0.25, -0.2) is 0 Å². The molecular formula is C21H19ClN2O5. The van der Waals surface area contributed by atoms with E-state index in [9.17, 15) is 9.59 Å². The summed E-state index contributed by atoms with van der Waals surface area (Å²) in [6.45, 7) is 1.66. The molecule has 29 heavy (non-hydrogen) atoms. The Kier molecular flexibility index (Phi) is 5.69. The Morgan fingerprint density at radius 1 is 1.10 bits per heavy atom. The van der Waals surface area contributed by atoms with E-state index in [4.69, 9.17) is 25.5 Å². The van der Waals surface area contributed by atoms with Crippen molar-refractivity contribution in [3.8, 4) is 5.75 Å². The molecule has 0 saturated carbocycles. The lowest BCUT2D eigenvalue weighted by molar-refractivity contribution is -0.118. The maximum absolute atomic E-state index is 13.0. The molecule has 0 atom stereocenters. The number of furan rings is 1. The quantitative estimate of drug-likeness (QED) is 0.690. The van der Waals surface area contributed by atoms with E-state index in [-0.39, 0.29) is 18.3 Å². The molecule has 8 heteroatoms. The first kappa shape index (κ1) is 19.3. The minimum Gasteiger partial charge on any atom is -0.484 e. The molecule has 0 bridgehead atoms. The number of nitrogens with zero attached hydrogens (tertiary/aromatic N) is 1. The fraction of sp³-hybridized carbons (Fsp3) is 0.238. The second-order valence-corrected chi connectivity index (χ2v) is 6.94. The lowest BCUT2D eigenvalue weighted by Gasteiger charge is -2.26. The van der Waals surface area contributed by atoms with Gasteiger partial charge in [-0.2, -0.15) is 0 Å². The number of carbonyl (C=O) groups is 2. The number of ether oxygens (including phenoxy) is 2. The summed E-state index contributed by atoms with van der Waals surface area (Å²) >= 11 is 5.93. The van der Waals surface area contributed by atoms with Crippen LogP contribution in [0.2, 0.25) is 5.02 Å². The summed E-state index contributed by atoms with van der Waals surface area (Å²) in [7, 11) is 0. The molecular weight excluding hydrogens is 396 g/mol. The zero-order valence-corrected chi connectivity index (χ0v) is 16.3.